The largest absolute Gasteiger partial charge is 0.266 e. The smallest absolute Gasteiger partial charge is 0.244 e. The third kappa shape index (κ3) is 2.30. The third-order valence-corrected chi connectivity index (χ3v) is 2.68. The van der Waals surface area contributed by atoms with Crippen molar-refractivity contribution < 1.29 is 8.78 Å². The summed E-state index contributed by atoms with van der Waals surface area (Å²) in [5.74, 6) is 0.0441. The lowest BCUT2D eigenvalue weighted by atomic mass is 10.1. The molecule has 1 heterocycles. The van der Waals surface area contributed by atoms with E-state index in [0.29, 0.717) is 5.69 Å². The second kappa shape index (κ2) is 4.84. The molecule has 14 heavy (non-hydrogen) atoms. The molecule has 0 amide bonds. The van der Waals surface area contributed by atoms with E-state index in [-0.39, 0.29) is 20.7 Å². The van der Waals surface area contributed by atoms with Crippen molar-refractivity contribution in [2.45, 2.75) is 12.3 Å². The number of nitrogens with zero attached hydrogens (tertiary/aromatic N) is 2. The van der Waals surface area contributed by atoms with Gasteiger partial charge in [-0.15, -0.1) is 11.6 Å². The Labute approximate surface area is 98.0 Å². The van der Waals surface area contributed by atoms with Gasteiger partial charge in [0.25, 0.3) is 6.43 Å². The van der Waals surface area contributed by atoms with Crippen molar-refractivity contribution in [3.63, 3.8) is 0 Å². The van der Waals surface area contributed by atoms with Crippen LogP contribution in [0.15, 0.2) is 6.07 Å². The first kappa shape index (κ1) is 11.6. The van der Waals surface area contributed by atoms with Crippen molar-refractivity contribution in [3.8, 4) is 6.07 Å². The van der Waals surface area contributed by atoms with E-state index in [4.69, 9.17) is 16.9 Å². The van der Waals surface area contributed by atoms with E-state index in [1.165, 1.54) is 0 Å². The van der Waals surface area contributed by atoms with Crippen molar-refractivity contribution in [3.05, 3.63) is 26.6 Å². The van der Waals surface area contributed by atoms with Crippen molar-refractivity contribution in [2.75, 3.05) is 0 Å². The van der Waals surface area contributed by atoms with Gasteiger partial charge in [-0.2, -0.15) is 5.26 Å². The molecule has 1 rings (SSSR count). The molecule has 0 atom stereocenters. The van der Waals surface area contributed by atoms with Gasteiger partial charge in [-0.3, -0.25) is 0 Å². The molecule has 0 aliphatic carbocycles. The van der Waals surface area contributed by atoms with Gasteiger partial charge in [-0.25, -0.2) is 13.8 Å². The summed E-state index contributed by atoms with van der Waals surface area (Å²) in [5, 5.41) is 8.65. The Balaban J connectivity index is 3.32. The van der Waals surface area contributed by atoms with E-state index in [0.717, 1.165) is 6.07 Å². The molecule has 0 spiro atoms. The zero-order chi connectivity index (χ0) is 10.7. The standard InChI is InChI=1S/C8H4ClF2IN2/c9-2-6-4(3-13)1-5(7(10)11)8(12)14-6/h1,7H,2H2. The number of nitriles is 1. The molecular formula is C8H4ClF2IN2. The predicted octanol–water partition coefficient (Wildman–Crippen LogP) is 3.23. The molecule has 0 fully saturated rings. The van der Waals surface area contributed by atoms with E-state index in [1.807, 2.05) is 0 Å². The fourth-order valence-electron chi connectivity index (χ4n) is 0.893. The zero-order valence-corrected chi connectivity index (χ0v) is 9.68. The minimum Gasteiger partial charge on any atom is -0.244 e. The molecule has 0 N–H and O–H groups in total. The summed E-state index contributed by atoms with van der Waals surface area (Å²) in [5.41, 5.74) is 0.217. The highest BCUT2D eigenvalue weighted by Crippen LogP contribution is 2.25. The molecule has 0 saturated heterocycles. The van der Waals surface area contributed by atoms with Crippen LogP contribution in [0.3, 0.4) is 0 Å². The maximum atomic E-state index is 12.4. The Hall–Kier alpha value is -0.480. The average Bonchev–Trinajstić information content (AvgIpc) is 2.16. The summed E-state index contributed by atoms with van der Waals surface area (Å²) in [7, 11) is 0. The molecule has 0 saturated carbocycles. The lowest BCUT2D eigenvalue weighted by Crippen LogP contribution is -2.00. The lowest BCUT2D eigenvalue weighted by Gasteiger charge is -2.05. The summed E-state index contributed by atoms with van der Waals surface area (Å²) in [6.07, 6.45) is -2.62. The first-order valence-electron chi connectivity index (χ1n) is 3.53. The van der Waals surface area contributed by atoms with Gasteiger partial charge in [0, 0.05) is 0 Å². The average molecular weight is 328 g/mol. The molecule has 0 aliphatic rings. The second-order valence-corrected chi connectivity index (χ2v) is 3.70. The number of aromatic nitrogens is 1. The van der Waals surface area contributed by atoms with Crippen LogP contribution in [0.4, 0.5) is 8.78 Å². The van der Waals surface area contributed by atoms with Crippen LogP contribution in [0.5, 0.6) is 0 Å². The maximum absolute atomic E-state index is 12.4. The van der Waals surface area contributed by atoms with Crippen molar-refractivity contribution in [1.29, 1.82) is 5.26 Å². The normalized spacial score (nSPS) is 10.3. The minimum absolute atomic E-state index is 0.0441. The van der Waals surface area contributed by atoms with E-state index in [2.05, 4.69) is 4.98 Å². The van der Waals surface area contributed by atoms with Crippen LogP contribution in [0.1, 0.15) is 23.2 Å². The fourth-order valence-corrected chi connectivity index (χ4v) is 1.78. The van der Waals surface area contributed by atoms with Crippen LogP contribution in [0.2, 0.25) is 0 Å². The quantitative estimate of drug-likeness (QED) is 0.475. The predicted molar refractivity (Wildman–Crippen MR) is 56.2 cm³/mol. The Morgan fingerprint density at radius 3 is 2.71 bits per heavy atom. The van der Waals surface area contributed by atoms with Crippen LogP contribution in [0.25, 0.3) is 0 Å². The Kier molecular flexibility index (Phi) is 4.01. The Bertz CT molecular complexity index is 390. The molecule has 74 valence electrons. The summed E-state index contributed by atoms with van der Waals surface area (Å²) < 4.78 is 25.0. The number of halogens is 4. The molecule has 1 aromatic heterocycles. The highest BCUT2D eigenvalue weighted by molar-refractivity contribution is 14.1. The maximum Gasteiger partial charge on any atom is 0.266 e. The topological polar surface area (TPSA) is 36.7 Å². The van der Waals surface area contributed by atoms with Gasteiger partial charge in [0.1, 0.15) is 9.77 Å². The number of hydrogen-bond acceptors (Lipinski definition) is 2. The highest BCUT2D eigenvalue weighted by Gasteiger charge is 2.16. The SMILES string of the molecule is N#Cc1cc(C(F)F)c(I)nc1CCl. The summed E-state index contributed by atoms with van der Waals surface area (Å²) in [6, 6.07) is 2.92. The van der Waals surface area contributed by atoms with Crippen molar-refractivity contribution in [2.24, 2.45) is 0 Å². The minimum atomic E-state index is -2.62. The van der Waals surface area contributed by atoms with Gasteiger partial charge in [0.05, 0.1) is 22.7 Å². The van der Waals surface area contributed by atoms with E-state index >= 15 is 0 Å². The van der Waals surface area contributed by atoms with Crippen molar-refractivity contribution >= 4 is 34.2 Å². The monoisotopic (exact) mass is 328 g/mol. The van der Waals surface area contributed by atoms with E-state index in [1.54, 1.807) is 28.7 Å². The molecule has 2 nitrogen and oxygen atoms in total. The van der Waals surface area contributed by atoms with Crippen LogP contribution in [0, 0.1) is 15.0 Å². The summed E-state index contributed by atoms with van der Waals surface area (Å²) in [4.78, 5) is 3.84. The molecule has 0 aromatic carbocycles. The third-order valence-electron chi connectivity index (χ3n) is 1.56. The Morgan fingerprint density at radius 1 is 1.64 bits per heavy atom. The van der Waals surface area contributed by atoms with Gasteiger partial charge < -0.3 is 0 Å². The second-order valence-electron chi connectivity index (χ2n) is 2.41. The van der Waals surface area contributed by atoms with Gasteiger partial charge in [0.2, 0.25) is 0 Å². The number of alkyl halides is 3. The van der Waals surface area contributed by atoms with Crippen LogP contribution >= 0.6 is 34.2 Å². The molecule has 0 aliphatic heterocycles. The fraction of sp³-hybridized carbons (Fsp3) is 0.250. The lowest BCUT2D eigenvalue weighted by molar-refractivity contribution is 0.150. The summed E-state index contributed by atoms with van der Waals surface area (Å²) >= 11 is 7.21. The van der Waals surface area contributed by atoms with Gasteiger partial charge in [0.15, 0.2) is 0 Å². The van der Waals surface area contributed by atoms with Gasteiger partial charge in [-0.1, -0.05) is 0 Å². The van der Waals surface area contributed by atoms with Crippen LogP contribution in [-0.2, 0) is 5.88 Å². The number of pyridine rings is 1. The molecular weight excluding hydrogens is 324 g/mol. The number of rotatable bonds is 2. The molecule has 6 heteroatoms. The summed E-state index contributed by atoms with van der Waals surface area (Å²) in [6.45, 7) is 0. The first-order chi connectivity index (χ1) is 6.60. The van der Waals surface area contributed by atoms with Crippen molar-refractivity contribution in [1.82, 2.24) is 4.98 Å². The molecule has 0 radical (unpaired) electrons. The van der Waals surface area contributed by atoms with Gasteiger partial charge in [-0.05, 0) is 28.7 Å². The Morgan fingerprint density at radius 2 is 2.29 bits per heavy atom. The molecule has 0 unspecified atom stereocenters. The first-order valence-corrected chi connectivity index (χ1v) is 5.15. The van der Waals surface area contributed by atoms with E-state index in [9.17, 15) is 8.78 Å². The van der Waals surface area contributed by atoms with Crippen LogP contribution < -0.4 is 0 Å². The molecule has 1 aromatic rings. The number of hydrogen-bond donors (Lipinski definition) is 0. The van der Waals surface area contributed by atoms with Gasteiger partial charge >= 0.3 is 0 Å². The molecule has 0 bridgehead atoms. The van der Waals surface area contributed by atoms with E-state index < -0.39 is 6.43 Å². The highest BCUT2D eigenvalue weighted by atomic mass is 127. The van der Waals surface area contributed by atoms with Crippen LogP contribution in [-0.4, -0.2) is 4.98 Å². The zero-order valence-electron chi connectivity index (χ0n) is 6.77.